The van der Waals surface area contributed by atoms with Crippen molar-refractivity contribution in [1.29, 1.82) is 0 Å². The Morgan fingerprint density at radius 3 is 2.85 bits per heavy atom. The maximum atomic E-state index is 13.5. The lowest BCUT2D eigenvalue weighted by atomic mass is 9.51. The highest BCUT2D eigenvalue weighted by molar-refractivity contribution is 5.98. The van der Waals surface area contributed by atoms with Crippen molar-refractivity contribution >= 4 is 16.8 Å². The highest BCUT2D eigenvalue weighted by atomic mass is 16.2. The number of carbonyl (C=O) groups is 1. The van der Waals surface area contributed by atoms with E-state index in [1.807, 2.05) is 18.2 Å². The molecule has 1 amide bonds. The summed E-state index contributed by atoms with van der Waals surface area (Å²) in [5, 5.41) is 8.08. The van der Waals surface area contributed by atoms with Crippen LogP contribution in [0.15, 0.2) is 48.7 Å². The van der Waals surface area contributed by atoms with Gasteiger partial charge in [-0.1, -0.05) is 51.1 Å². The number of benzene rings is 2. The van der Waals surface area contributed by atoms with E-state index in [-0.39, 0.29) is 22.8 Å². The minimum Gasteiger partial charge on any atom is -0.335 e. The number of nitrogens with one attached hydrogen (secondary N) is 1. The third-order valence-electron chi connectivity index (χ3n) is 7.46. The zero-order valence-electron chi connectivity index (χ0n) is 16.1. The normalized spacial score (nSPS) is 26.0. The minimum atomic E-state index is 0.0212. The molecule has 1 aliphatic carbocycles. The Morgan fingerprint density at radius 2 is 2.00 bits per heavy atom. The van der Waals surface area contributed by atoms with Crippen molar-refractivity contribution < 1.29 is 4.79 Å². The maximum absolute atomic E-state index is 13.5. The number of carbonyl (C=O) groups excluding carboxylic acids is 1. The van der Waals surface area contributed by atoms with Crippen LogP contribution in [0.3, 0.4) is 0 Å². The number of fused-ring (bicyclic) bond motifs is 5. The summed E-state index contributed by atoms with van der Waals surface area (Å²) in [6, 6.07) is 14.8. The summed E-state index contributed by atoms with van der Waals surface area (Å²) in [6.45, 7) is 7.87. The Morgan fingerprint density at radius 1 is 1.19 bits per heavy atom. The van der Waals surface area contributed by atoms with Gasteiger partial charge in [0.15, 0.2) is 0 Å². The van der Waals surface area contributed by atoms with E-state index in [1.165, 1.54) is 11.1 Å². The number of hydrogen-bond donors (Lipinski definition) is 1. The van der Waals surface area contributed by atoms with Gasteiger partial charge in [-0.3, -0.25) is 9.89 Å². The number of aromatic nitrogens is 2. The van der Waals surface area contributed by atoms with Gasteiger partial charge in [-0.2, -0.15) is 5.10 Å². The molecule has 1 N–H and O–H groups in total. The third kappa shape index (κ3) is 2.16. The lowest BCUT2D eigenvalue weighted by Gasteiger charge is -2.60. The second-order valence-electron chi connectivity index (χ2n) is 8.85. The van der Waals surface area contributed by atoms with Crippen molar-refractivity contribution in [3.05, 3.63) is 65.4 Å². The molecule has 0 unspecified atom stereocenters. The second kappa shape index (κ2) is 5.44. The molecule has 4 nitrogen and oxygen atoms in total. The number of hydrogen-bond acceptors (Lipinski definition) is 2. The number of rotatable bonds is 1. The molecule has 2 heterocycles. The first-order valence-electron chi connectivity index (χ1n) is 9.74. The number of nitrogens with zero attached hydrogens (tertiary/aromatic N) is 2. The summed E-state index contributed by atoms with van der Waals surface area (Å²) in [7, 11) is 0. The maximum Gasteiger partial charge on any atom is 0.254 e. The summed E-state index contributed by atoms with van der Waals surface area (Å²) >= 11 is 0. The molecule has 2 atom stereocenters. The predicted octanol–water partition coefficient (Wildman–Crippen LogP) is 4.32. The van der Waals surface area contributed by atoms with Gasteiger partial charge in [0.2, 0.25) is 0 Å². The van der Waals surface area contributed by atoms with E-state index in [4.69, 9.17) is 0 Å². The van der Waals surface area contributed by atoms with Crippen LogP contribution in [0, 0.1) is 5.41 Å². The average Bonchev–Trinajstić information content (AvgIpc) is 3.12. The molecular formula is C23H25N3O. The Balaban J connectivity index is 1.56. The van der Waals surface area contributed by atoms with Crippen LogP contribution in [0.5, 0.6) is 0 Å². The number of H-pyrrole nitrogens is 1. The fraction of sp³-hybridized carbons (Fsp3) is 0.391. The topological polar surface area (TPSA) is 49.0 Å². The number of piperidine rings is 1. The van der Waals surface area contributed by atoms with Crippen LogP contribution < -0.4 is 0 Å². The first kappa shape index (κ1) is 16.5. The van der Waals surface area contributed by atoms with Crippen LogP contribution in [0.1, 0.15) is 48.7 Å². The Kier molecular flexibility index (Phi) is 3.34. The summed E-state index contributed by atoms with van der Waals surface area (Å²) in [5.41, 5.74) is 4.63. The molecule has 2 aliphatic rings. The SMILES string of the molecule is CC1(C)[C@H]2Cc3ccccc3[C@]1(C)CCN2C(=O)c1ccc2cn[nH]c2c1. The lowest BCUT2D eigenvalue weighted by molar-refractivity contribution is -0.0261. The van der Waals surface area contributed by atoms with Crippen LogP contribution in [0.2, 0.25) is 0 Å². The summed E-state index contributed by atoms with van der Waals surface area (Å²) in [6.07, 6.45) is 3.71. The van der Waals surface area contributed by atoms with Gasteiger partial charge in [0.25, 0.3) is 5.91 Å². The molecular weight excluding hydrogens is 334 g/mol. The van der Waals surface area contributed by atoms with E-state index in [2.05, 4.69) is 60.1 Å². The summed E-state index contributed by atoms with van der Waals surface area (Å²) in [5.74, 6) is 0.131. The zero-order valence-corrected chi connectivity index (χ0v) is 16.1. The minimum absolute atomic E-state index is 0.0212. The van der Waals surface area contributed by atoms with Crippen LogP contribution in [0.4, 0.5) is 0 Å². The van der Waals surface area contributed by atoms with Crippen LogP contribution in [-0.2, 0) is 11.8 Å². The van der Waals surface area contributed by atoms with Gasteiger partial charge in [0.1, 0.15) is 0 Å². The third-order valence-corrected chi connectivity index (χ3v) is 7.46. The predicted molar refractivity (Wildman–Crippen MR) is 107 cm³/mol. The molecule has 0 spiro atoms. The highest BCUT2D eigenvalue weighted by Crippen LogP contribution is 2.56. The molecule has 5 rings (SSSR count). The van der Waals surface area contributed by atoms with Gasteiger partial charge in [-0.05, 0) is 41.5 Å². The first-order valence-corrected chi connectivity index (χ1v) is 9.74. The van der Waals surface area contributed by atoms with Crippen molar-refractivity contribution in [2.75, 3.05) is 6.54 Å². The molecule has 4 heteroatoms. The molecule has 2 bridgehead atoms. The van der Waals surface area contributed by atoms with Crippen molar-refractivity contribution in [1.82, 2.24) is 15.1 Å². The lowest BCUT2D eigenvalue weighted by Crippen LogP contribution is -2.64. The Labute approximate surface area is 159 Å². The smallest absolute Gasteiger partial charge is 0.254 e. The second-order valence-corrected chi connectivity index (χ2v) is 8.85. The van der Waals surface area contributed by atoms with Gasteiger partial charge in [0, 0.05) is 29.0 Å². The largest absolute Gasteiger partial charge is 0.335 e. The van der Waals surface area contributed by atoms with E-state index in [9.17, 15) is 4.79 Å². The molecule has 2 aromatic carbocycles. The van der Waals surface area contributed by atoms with Gasteiger partial charge in [0.05, 0.1) is 11.7 Å². The molecule has 1 aliphatic heterocycles. The fourth-order valence-corrected chi connectivity index (χ4v) is 5.35. The van der Waals surface area contributed by atoms with E-state index < -0.39 is 0 Å². The average molecular weight is 359 g/mol. The molecule has 1 fully saturated rings. The quantitative estimate of drug-likeness (QED) is 0.703. The van der Waals surface area contributed by atoms with E-state index in [0.717, 1.165) is 35.9 Å². The van der Waals surface area contributed by atoms with Crippen LogP contribution in [0.25, 0.3) is 10.9 Å². The first-order chi connectivity index (χ1) is 12.9. The van der Waals surface area contributed by atoms with Gasteiger partial charge in [-0.25, -0.2) is 0 Å². The highest BCUT2D eigenvalue weighted by Gasteiger charge is 2.56. The van der Waals surface area contributed by atoms with Crippen molar-refractivity contribution in [2.45, 2.75) is 45.1 Å². The summed E-state index contributed by atoms with van der Waals surface area (Å²) < 4.78 is 0. The Bertz CT molecular complexity index is 1050. The molecule has 1 saturated heterocycles. The molecule has 27 heavy (non-hydrogen) atoms. The van der Waals surface area contributed by atoms with Crippen molar-refractivity contribution in [3.8, 4) is 0 Å². The zero-order chi connectivity index (χ0) is 18.8. The molecule has 3 aromatic rings. The molecule has 0 saturated carbocycles. The van der Waals surface area contributed by atoms with Gasteiger partial charge in [-0.15, -0.1) is 0 Å². The summed E-state index contributed by atoms with van der Waals surface area (Å²) in [4.78, 5) is 15.6. The van der Waals surface area contributed by atoms with E-state index in [0.29, 0.717) is 0 Å². The van der Waals surface area contributed by atoms with Crippen LogP contribution in [-0.4, -0.2) is 33.6 Å². The number of amides is 1. The van der Waals surface area contributed by atoms with Crippen LogP contribution >= 0.6 is 0 Å². The van der Waals surface area contributed by atoms with Gasteiger partial charge < -0.3 is 4.90 Å². The fourth-order valence-electron chi connectivity index (χ4n) is 5.35. The van der Waals surface area contributed by atoms with Gasteiger partial charge >= 0.3 is 0 Å². The molecule has 138 valence electrons. The molecule has 1 aromatic heterocycles. The molecule has 0 radical (unpaired) electrons. The number of likely N-dealkylation sites (tertiary alicyclic amines) is 1. The Hall–Kier alpha value is -2.62. The van der Waals surface area contributed by atoms with Crippen molar-refractivity contribution in [3.63, 3.8) is 0 Å². The monoisotopic (exact) mass is 359 g/mol. The standard InChI is InChI=1S/C23H25N3O/c1-22(2)20-13-15-6-4-5-7-18(15)23(22,3)10-11-26(20)21(27)16-8-9-17-14-24-25-19(17)12-16/h4-9,12,14,20H,10-11,13H2,1-3H3,(H,24,25)/t20-,23+/m1/s1. The van der Waals surface area contributed by atoms with Crippen molar-refractivity contribution in [2.24, 2.45) is 5.41 Å². The van der Waals surface area contributed by atoms with E-state index >= 15 is 0 Å². The van der Waals surface area contributed by atoms with E-state index in [1.54, 1.807) is 6.20 Å². The number of aromatic amines is 1.